The number of nitrogens with zero attached hydrogens (tertiary/aromatic N) is 3. The quantitative estimate of drug-likeness (QED) is 0.867. The van der Waals surface area contributed by atoms with Gasteiger partial charge in [0.1, 0.15) is 10.8 Å². The van der Waals surface area contributed by atoms with Gasteiger partial charge >= 0.3 is 0 Å². The van der Waals surface area contributed by atoms with Gasteiger partial charge in [-0.05, 0) is 50.9 Å². The van der Waals surface area contributed by atoms with Crippen LogP contribution in [0.5, 0.6) is 0 Å². The van der Waals surface area contributed by atoms with Gasteiger partial charge in [-0.3, -0.25) is 0 Å². The van der Waals surface area contributed by atoms with Crippen LogP contribution in [0, 0.1) is 0 Å². The molecule has 0 spiro atoms. The molecule has 0 bridgehead atoms. The van der Waals surface area contributed by atoms with Gasteiger partial charge in [-0.1, -0.05) is 18.6 Å². The average molecular weight is 304 g/mol. The van der Waals surface area contributed by atoms with Crippen molar-refractivity contribution in [1.29, 1.82) is 0 Å². The predicted molar refractivity (Wildman–Crippen MR) is 90.8 cm³/mol. The molecule has 21 heavy (non-hydrogen) atoms. The SMILES string of the molecule is NC(=S)c1ccnc(N2CCC(N3CCCCC3)CC2)c1. The van der Waals surface area contributed by atoms with Crippen LogP contribution in [-0.2, 0) is 0 Å². The molecule has 0 unspecified atom stereocenters. The molecule has 0 aliphatic carbocycles. The highest BCUT2D eigenvalue weighted by molar-refractivity contribution is 7.80. The lowest BCUT2D eigenvalue weighted by Crippen LogP contribution is -2.47. The van der Waals surface area contributed by atoms with E-state index in [4.69, 9.17) is 18.0 Å². The minimum absolute atomic E-state index is 0.446. The molecule has 2 aliphatic rings. The summed E-state index contributed by atoms with van der Waals surface area (Å²) >= 11 is 5.05. The first-order chi connectivity index (χ1) is 10.2. The van der Waals surface area contributed by atoms with Crippen molar-refractivity contribution in [3.05, 3.63) is 23.9 Å². The highest BCUT2D eigenvalue weighted by atomic mass is 32.1. The Bertz CT molecular complexity index is 491. The van der Waals surface area contributed by atoms with E-state index in [0.29, 0.717) is 4.99 Å². The van der Waals surface area contributed by atoms with E-state index in [1.807, 2.05) is 12.1 Å². The third-order valence-corrected chi connectivity index (χ3v) is 4.96. The van der Waals surface area contributed by atoms with Crippen LogP contribution < -0.4 is 10.6 Å². The van der Waals surface area contributed by atoms with Crippen LogP contribution in [0.4, 0.5) is 5.82 Å². The van der Waals surface area contributed by atoms with Gasteiger partial charge in [-0.2, -0.15) is 0 Å². The second-order valence-electron chi connectivity index (χ2n) is 6.08. The Morgan fingerprint density at radius 2 is 1.86 bits per heavy atom. The van der Waals surface area contributed by atoms with E-state index in [2.05, 4.69) is 14.8 Å². The summed E-state index contributed by atoms with van der Waals surface area (Å²) in [5.74, 6) is 1.01. The fourth-order valence-electron chi connectivity index (χ4n) is 3.49. The Kier molecular flexibility index (Phi) is 4.70. The molecule has 0 radical (unpaired) electrons. The van der Waals surface area contributed by atoms with Gasteiger partial charge in [0.25, 0.3) is 0 Å². The van der Waals surface area contributed by atoms with E-state index in [9.17, 15) is 0 Å². The first-order valence-corrected chi connectivity index (χ1v) is 8.40. The number of hydrogen-bond acceptors (Lipinski definition) is 4. The fraction of sp³-hybridized carbons (Fsp3) is 0.625. The van der Waals surface area contributed by atoms with Gasteiger partial charge in [0.2, 0.25) is 0 Å². The third kappa shape index (κ3) is 3.52. The molecule has 2 fully saturated rings. The van der Waals surface area contributed by atoms with Gasteiger partial charge in [-0.25, -0.2) is 4.98 Å². The van der Waals surface area contributed by atoms with E-state index in [1.165, 1.54) is 45.2 Å². The molecule has 0 aromatic carbocycles. The molecular formula is C16H24N4S. The summed E-state index contributed by atoms with van der Waals surface area (Å²) in [5, 5.41) is 0. The standard InChI is InChI=1S/C16H24N4S/c17-16(21)13-4-7-18-15(12-13)20-10-5-14(6-11-20)19-8-2-1-3-9-19/h4,7,12,14H,1-3,5-6,8-11H2,(H2,17,21). The summed E-state index contributed by atoms with van der Waals surface area (Å²) in [4.78, 5) is 9.98. The maximum atomic E-state index is 5.71. The third-order valence-electron chi connectivity index (χ3n) is 4.73. The van der Waals surface area contributed by atoms with Crippen molar-refractivity contribution in [2.45, 2.75) is 38.1 Å². The summed E-state index contributed by atoms with van der Waals surface area (Å²) in [7, 11) is 0. The second kappa shape index (κ2) is 6.71. The molecule has 3 rings (SSSR count). The van der Waals surface area contributed by atoms with Crippen molar-refractivity contribution in [1.82, 2.24) is 9.88 Å². The number of thiocarbonyl (C=S) groups is 1. The molecule has 1 aromatic rings. The zero-order chi connectivity index (χ0) is 14.7. The number of nitrogens with two attached hydrogens (primary N) is 1. The van der Waals surface area contributed by atoms with Crippen LogP contribution in [0.3, 0.4) is 0 Å². The maximum absolute atomic E-state index is 5.71. The topological polar surface area (TPSA) is 45.4 Å². The molecule has 0 atom stereocenters. The van der Waals surface area contributed by atoms with Crippen LogP contribution >= 0.6 is 12.2 Å². The zero-order valence-electron chi connectivity index (χ0n) is 12.5. The number of piperidine rings is 2. The minimum Gasteiger partial charge on any atom is -0.389 e. The highest BCUT2D eigenvalue weighted by Crippen LogP contribution is 2.24. The lowest BCUT2D eigenvalue weighted by atomic mass is 10.00. The van der Waals surface area contributed by atoms with Crippen molar-refractivity contribution in [2.24, 2.45) is 5.73 Å². The van der Waals surface area contributed by atoms with Crippen molar-refractivity contribution in [3.8, 4) is 0 Å². The highest BCUT2D eigenvalue weighted by Gasteiger charge is 2.26. The lowest BCUT2D eigenvalue weighted by Gasteiger charge is -2.40. The number of rotatable bonds is 3. The Morgan fingerprint density at radius 3 is 2.52 bits per heavy atom. The van der Waals surface area contributed by atoms with Crippen molar-refractivity contribution < 1.29 is 0 Å². The summed E-state index contributed by atoms with van der Waals surface area (Å²) in [5.41, 5.74) is 6.62. The monoisotopic (exact) mass is 304 g/mol. The molecule has 114 valence electrons. The Balaban J connectivity index is 1.60. The van der Waals surface area contributed by atoms with E-state index in [1.54, 1.807) is 6.20 Å². The summed E-state index contributed by atoms with van der Waals surface area (Å²) in [6.07, 6.45) is 8.43. The first-order valence-electron chi connectivity index (χ1n) is 7.99. The molecular weight excluding hydrogens is 280 g/mol. The van der Waals surface area contributed by atoms with Crippen molar-refractivity contribution in [3.63, 3.8) is 0 Å². The van der Waals surface area contributed by atoms with Crippen LogP contribution in [-0.4, -0.2) is 47.1 Å². The number of hydrogen-bond donors (Lipinski definition) is 1. The van der Waals surface area contributed by atoms with Crippen molar-refractivity contribution >= 4 is 23.0 Å². The number of anilines is 1. The van der Waals surface area contributed by atoms with Crippen molar-refractivity contribution in [2.75, 3.05) is 31.1 Å². The van der Waals surface area contributed by atoms with E-state index < -0.39 is 0 Å². The predicted octanol–water partition coefficient (Wildman–Crippen LogP) is 2.17. The maximum Gasteiger partial charge on any atom is 0.129 e. The van der Waals surface area contributed by atoms with Gasteiger partial charge in [0, 0.05) is 30.9 Å². The fourth-order valence-corrected chi connectivity index (χ4v) is 3.62. The molecule has 2 aliphatic heterocycles. The van der Waals surface area contributed by atoms with E-state index >= 15 is 0 Å². The minimum atomic E-state index is 0.446. The molecule has 5 heteroatoms. The Labute approximate surface area is 132 Å². The molecule has 4 nitrogen and oxygen atoms in total. The van der Waals surface area contributed by atoms with Crippen LogP contribution in [0.1, 0.15) is 37.7 Å². The second-order valence-corrected chi connectivity index (χ2v) is 6.52. The van der Waals surface area contributed by atoms with Gasteiger partial charge in [-0.15, -0.1) is 0 Å². The summed E-state index contributed by atoms with van der Waals surface area (Å²) in [6, 6.07) is 4.66. The first kappa shape index (κ1) is 14.7. The summed E-state index contributed by atoms with van der Waals surface area (Å²) < 4.78 is 0. The number of likely N-dealkylation sites (tertiary alicyclic amines) is 1. The largest absolute Gasteiger partial charge is 0.389 e. The Morgan fingerprint density at radius 1 is 1.14 bits per heavy atom. The van der Waals surface area contributed by atoms with Crippen LogP contribution in [0.2, 0.25) is 0 Å². The van der Waals surface area contributed by atoms with Gasteiger partial charge < -0.3 is 15.5 Å². The molecule has 2 saturated heterocycles. The van der Waals surface area contributed by atoms with Crippen LogP contribution in [0.25, 0.3) is 0 Å². The van der Waals surface area contributed by atoms with Crippen LogP contribution in [0.15, 0.2) is 18.3 Å². The zero-order valence-corrected chi connectivity index (χ0v) is 13.3. The smallest absolute Gasteiger partial charge is 0.129 e. The van der Waals surface area contributed by atoms with E-state index in [-0.39, 0.29) is 0 Å². The normalized spacial score (nSPS) is 21.4. The van der Waals surface area contributed by atoms with Gasteiger partial charge in [0.15, 0.2) is 0 Å². The lowest BCUT2D eigenvalue weighted by molar-refractivity contribution is 0.141. The van der Waals surface area contributed by atoms with E-state index in [0.717, 1.165) is 30.5 Å². The van der Waals surface area contributed by atoms with Gasteiger partial charge in [0.05, 0.1) is 0 Å². The molecule has 3 heterocycles. The molecule has 1 aromatic heterocycles. The Hall–Kier alpha value is -1.20. The average Bonchev–Trinajstić information content (AvgIpc) is 2.56. The summed E-state index contributed by atoms with van der Waals surface area (Å²) in [6.45, 7) is 4.74. The molecule has 0 saturated carbocycles. The molecule has 0 amide bonds. The molecule has 2 N–H and O–H groups in total. The number of pyridine rings is 1. The number of aromatic nitrogens is 1.